The Balaban J connectivity index is 2.24. The Hall–Kier alpha value is -0.340. The molecule has 1 heterocycles. The van der Waals surface area contributed by atoms with Gasteiger partial charge in [-0.25, -0.2) is 0 Å². The SMILES string of the molecule is CC1NCCC1c1cccc(Br)c1. The van der Waals surface area contributed by atoms with E-state index in [1.165, 1.54) is 16.5 Å². The van der Waals surface area contributed by atoms with Crippen molar-refractivity contribution in [3.63, 3.8) is 0 Å². The molecule has 1 aliphatic heterocycles. The summed E-state index contributed by atoms with van der Waals surface area (Å²) in [6.07, 6.45) is 1.26. The normalized spacial score (nSPS) is 27.8. The molecular formula is C11H14BrN. The molecule has 0 aliphatic carbocycles. The predicted octanol–water partition coefficient (Wildman–Crippen LogP) is 2.91. The lowest BCUT2D eigenvalue weighted by atomic mass is 9.93. The molecule has 1 aromatic rings. The van der Waals surface area contributed by atoms with E-state index in [0.29, 0.717) is 12.0 Å². The van der Waals surface area contributed by atoms with Crippen LogP contribution in [0.15, 0.2) is 28.7 Å². The van der Waals surface area contributed by atoms with Gasteiger partial charge in [-0.15, -0.1) is 0 Å². The molecule has 1 nitrogen and oxygen atoms in total. The predicted molar refractivity (Wildman–Crippen MR) is 59.0 cm³/mol. The lowest BCUT2D eigenvalue weighted by Gasteiger charge is -2.15. The fraction of sp³-hybridized carbons (Fsp3) is 0.455. The van der Waals surface area contributed by atoms with Crippen LogP contribution in [0.5, 0.6) is 0 Å². The van der Waals surface area contributed by atoms with Crippen LogP contribution >= 0.6 is 15.9 Å². The second kappa shape index (κ2) is 3.81. The second-order valence-electron chi connectivity index (χ2n) is 3.69. The van der Waals surface area contributed by atoms with Gasteiger partial charge in [0.2, 0.25) is 0 Å². The molecule has 1 fully saturated rings. The number of halogens is 1. The van der Waals surface area contributed by atoms with Crippen LogP contribution in [-0.2, 0) is 0 Å². The molecule has 0 spiro atoms. The van der Waals surface area contributed by atoms with Gasteiger partial charge in [0.1, 0.15) is 0 Å². The summed E-state index contributed by atoms with van der Waals surface area (Å²) in [5, 5.41) is 3.47. The Morgan fingerprint density at radius 2 is 2.31 bits per heavy atom. The maximum atomic E-state index is 3.51. The highest BCUT2D eigenvalue weighted by Gasteiger charge is 2.23. The zero-order valence-electron chi connectivity index (χ0n) is 7.76. The maximum Gasteiger partial charge on any atom is 0.0178 e. The average molecular weight is 240 g/mol. The van der Waals surface area contributed by atoms with E-state index in [9.17, 15) is 0 Å². The molecule has 1 aliphatic rings. The van der Waals surface area contributed by atoms with Crippen LogP contribution in [0.2, 0.25) is 0 Å². The van der Waals surface area contributed by atoms with E-state index < -0.39 is 0 Å². The number of rotatable bonds is 1. The fourth-order valence-electron chi connectivity index (χ4n) is 2.05. The molecule has 0 amide bonds. The van der Waals surface area contributed by atoms with Gasteiger partial charge < -0.3 is 5.32 Å². The zero-order chi connectivity index (χ0) is 9.26. The Morgan fingerprint density at radius 3 is 2.92 bits per heavy atom. The van der Waals surface area contributed by atoms with Crippen molar-refractivity contribution in [3.8, 4) is 0 Å². The van der Waals surface area contributed by atoms with Gasteiger partial charge in [-0.05, 0) is 37.6 Å². The van der Waals surface area contributed by atoms with Crippen LogP contribution in [0.3, 0.4) is 0 Å². The van der Waals surface area contributed by atoms with E-state index in [1.807, 2.05) is 0 Å². The third-order valence-corrected chi connectivity index (χ3v) is 3.30. The third kappa shape index (κ3) is 1.94. The molecule has 1 saturated heterocycles. The summed E-state index contributed by atoms with van der Waals surface area (Å²) in [6.45, 7) is 3.41. The van der Waals surface area contributed by atoms with Gasteiger partial charge in [-0.1, -0.05) is 28.1 Å². The topological polar surface area (TPSA) is 12.0 Å². The van der Waals surface area contributed by atoms with Crippen molar-refractivity contribution < 1.29 is 0 Å². The van der Waals surface area contributed by atoms with Crippen molar-refractivity contribution in [2.24, 2.45) is 0 Å². The summed E-state index contributed by atoms with van der Waals surface area (Å²) in [5.41, 5.74) is 1.45. The highest BCUT2D eigenvalue weighted by Crippen LogP contribution is 2.28. The van der Waals surface area contributed by atoms with E-state index in [0.717, 1.165) is 6.54 Å². The standard InChI is InChI=1S/C11H14BrN/c1-8-11(5-6-13-8)9-3-2-4-10(12)7-9/h2-4,7-8,11,13H,5-6H2,1H3. The van der Waals surface area contributed by atoms with Crippen LogP contribution in [0.25, 0.3) is 0 Å². The van der Waals surface area contributed by atoms with Gasteiger partial charge in [-0.3, -0.25) is 0 Å². The van der Waals surface area contributed by atoms with E-state index in [1.54, 1.807) is 0 Å². The lowest BCUT2D eigenvalue weighted by Crippen LogP contribution is -2.21. The fourth-order valence-corrected chi connectivity index (χ4v) is 2.47. The van der Waals surface area contributed by atoms with E-state index in [-0.39, 0.29) is 0 Å². The summed E-state index contributed by atoms with van der Waals surface area (Å²) in [6, 6.07) is 9.27. The van der Waals surface area contributed by atoms with Crippen molar-refractivity contribution in [2.45, 2.75) is 25.3 Å². The van der Waals surface area contributed by atoms with Crippen molar-refractivity contribution in [1.82, 2.24) is 5.32 Å². The van der Waals surface area contributed by atoms with Crippen molar-refractivity contribution >= 4 is 15.9 Å². The quantitative estimate of drug-likeness (QED) is 0.795. The van der Waals surface area contributed by atoms with Gasteiger partial charge in [-0.2, -0.15) is 0 Å². The average Bonchev–Trinajstić information content (AvgIpc) is 2.51. The highest BCUT2D eigenvalue weighted by molar-refractivity contribution is 9.10. The lowest BCUT2D eigenvalue weighted by molar-refractivity contribution is 0.594. The van der Waals surface area contributed by atoms with Crippen LogP contribution in [0.4, 0.5) is 0 Å². The molecule has 0 radical (unpaired) electrons. The van der Waals surface area contributed by atoms with Crippen molar-refractivity contribution in [3.05, 3.63) is 34.3 Å². The first-order valence-electron chi connectivity index (χ1n) is 4.76. The molecule has 0 aromatic heterocycles. The van der Waals surface area contributed by atoms with Crippen LogP contribution in [0, 0.1) is 0 Å². The molecule has 1 N–H and O–H groups in total. The van der Waals surface area contributed by atoms with Crippen LogP contribution in [-0.4, -0.2) is 12.6 Å². The third-order valence-electron chi connectivity index (χ3n) is 2.80. The molecule has 2 rings (SSSR count). The summed E-state index contributed by atoms with van der Waals surface area (Å²) < 4.78 is 1.18. The minimum Gasteiger partial charge on any atom is -0.314 e. The van der Waals surface area contributed by atoms with Gasteiger partial charge >= 0.3 is 0 Å². The first-order chi connectivity index (χ1) is 6.27. The minimum atomic E-state index is 0.620. The van der Waals surface area contributed by atoms with Gasteiger partial charge in [0.15, 0.2) is 0 Å². The first-order valence-corrected chi connectivity index (χ1v) is 5.55. The number of hydrogen-bond donors (Lipinski definition) is 1. The van der Waals surface area contributed by atoms with E-state index >= 15 is 0 Å². The maximum absolute atomic E-state index is 3.51. The van der Waals surface area contributed by atoms with Crippen molar-refractivity contribution in [2.75, 3.05) is 6.54 Å². The molecule has 13 heavy (non-hydrogen) atoms. The zero-order valence-corrected chi connectivity index (χ0v) is 9.34. The molecule has 2 heteroatoms. The van der Waals surface area contributed by atoms with Crippen LogP contribution in [0.1, 0.15) is 24.8 Å². The largest absolute Gasteiger partial charge is 0.314 e. The summed E-state index contributed by atoms with van der Waals surface area (Å²) in [4.78, 5) is 0. The molecular weight excluding hydrogens is 226 g/mol. The number of nitrogens with one attached hydrogen (secondary N) is 1. The Labute approximate surface area is 87.7 Å². The smallest absolute Gasteiger partial charge is 0.0178 e. The Kier molecular flexibility index (Phi) is 2.70. The summed E-state index contributed by atoms with van der Waals surface area (Å²) in [5.74, 6) is 0.692. The van der Waals surface area contributed by atoms with Crippen LogP contribution < -0.4 is 5.32 Å². The Morgan fingerprint density at radius 1 is 1.46 bits per heavy atom. The van der Waals surface area contributed by atoms with Crippen molar-refractivity contribution in [1.29, 1.82) is 0 Å². The van der Waals surface area contributed by atoms with E-state index in [2.05, 4.69) is 52.4 Å². The van der Waals surface area contributed by atoms with Gasteiger partial charge in [0, 0.05) is 16.4 Å². The van der Waals surface area contributed by atoms with Gasteiger partial charge in [0.05, 0.1) is 0 Å². The van der Waals surface area contributed by atoms with Gasteiger partial charge in [0.25, 0.3) is 0 Å². The summed E-state index contributed by atoms with van der Waals surface area (Å²) in [7, 11) is 0. The summed E-state index contributed by atoms with van der Waals surface area (Å²) >= 11 is 3.51. The molecule has 2 unspecified atom stereocenters. The van der Waals surface area contributed by atoms with E-state index in [4.69, 9.17) is 0 Å². The number of benzene rings is 1. The monoisotopic (exact) mass is 239 g/mol. The molecule has 2 atom stereocenters. The number of hydrogen-bond acceptors (Lipinski definition) is 1. The minimum absolute atomic E-state index is 0.620. The molecule has 1 aromatic carbocycles. The second-order valence-corrected chi connectivity index (χ2v) is 4.61. The molecule has 0 bridgehead atoms. The first kappa shape index (κ1) is 9.22. The Bertz CT molecular complexity index is 298. The molecule has 0 saturated carbocycles. The highest BCUT2D eigenvalue weighted by atomic mass is 79.9. The molecule has 70 valence electrons.